The van der Waals surface area contributed by atoms with Crippen molar-refractivity contribution in [1.82, 2.24) is 26.6 Å². The zero-order valence-electron chi connectivity index (χ0n) is 27.6. The van der Waals surface area contributed by atoms with Crippen molar-refractivity contribution in [2.45, 2.75) is 116 Å². The molecule has 0 spiro atoms. The van der Waals surface area contributed by atoms with Crippen molar-refractivity contribution in [3.05, 3.63) is 0 Å². The minimum absolute atomic E-state index is 0.0364. The number of carboxylic acid groups (broad SMARTS) is 2. The maximum Gasteiger partial charge on any atom is 0.326 e. The van der Waals surface area contributed by atoms with Crippen LogP contribution < -0.4 is 38.1 Å². The molecule has 264 valence electrons. The largest absolute Gasteiger partial charge is 0.481 e. The summed E-state index contributed by atoms with van der Waals surface area (Å²) in [6.45, 7) is 9.43. The Bertz CT molecular complexity index is 1070. The van der Waals surface area contributed by atoms with Crippen LogP contribution in [0.2, 0.25) is 0 Å². The highest BCUT2D eigenvalue weighted by atomic mass is 16.4. The summed E-state index contributed by atoms with van der Waals surface area (Å²) in [5.41, 5.74) is 9.37. The summed E-state index contributed by atoms with van der Waals surface area (Å²) >= 11 is 0. The molecule has 0 saturated heterocycles. The lowest BCUT2D eigenvalue weighted by Gasteiger charge is -2.32. The first-order valence-electron chi connectivity index (χ1n) is 15.4. The molecule has 0 aliphatic carbocycles. The van der Waals surface area contributed by atoms with Crippen LogP contribution in [-0.4, -0.2) is 106 Å². The molecule has 17 nitrogen and oxygen atoms in total. The van der Waals surface area contributed by atoms with Crippen molar-refractivity contribution in [2.24, 2.45) is 23.3 Å². The Hall–Kier alpha value is -3.83. The van der Waals surface area contributed by atoms with Gasteiger partial charge in [0, 0.05) is 0 Å². The third-order valence-electron chi connectivity index (χ3n) is 7.23. The Morgan fingerprint density at radius 1 is 0.783 bits per heavy atom. The maximum absolute atomic E-state index is 13.4. The van der Waals surface area contributed by atoms with Gasteiger partial charge >= 0.3 is 11.9 Å². The Kier molecular flexibility index (Phi) is 18.6. The molecule has 0 aliphatic heterocycles. The molecule has 6 atom stereocenters. The number of amides is 5. The van der Waals surface area contributed by atoms with Gasteiger partial charge < -0.3 is 53.4 Å². The van der Waals surface area contributed by atoms with Crippen molar-refractivity contribution >= 4 is 41.5 Å². The molecule has 5 amide bonds. The van der Waals surface area contributed by atoms with Crippen molar-refractivity contribution in [2.75, 3.05) is 13.2 Å². The number of nitrogens with one attached hydrogen (secondary N) is 5. The minimum atomic E-state index is -1.66. The fraction of sp³-hybridized carbons (Fsp3) is 0.759. The zero-order chi connectivity index (χ0) is 35.8. The molecule has 0 radical (unpaired) electrons. The number of hydrogen-bond donors (Lipinski definition) is 10. The van der Waals surface area contributed by atoms with E-state index in [4.69, 9.17) is 11.5 Å². The lowest BCUT2D eigenvalue weighted by atomic mass is 9.95. The predicted octanol–water partition coefficient (Wildman–Crippen LogP) is -2.08. The highest BCUT2D eigenvalue weighted by Crippen LogP contribution is 2.13. The van der Waals surface area contributed by atoms with Crippen LogP contribution in [0.25, 0.3) is 0 Å². The van der Waals surface area contributed by atoms with Gasteiger partial charge in [-0.2, -0.15) is 0 Å². The van der Waals surface area contributed by atoms with Crippen molar-refractivity contribution in [1.29, 1.82) is 0 Å². The van der Waals surface area contributed by atoms with Crippen molar-refractivity contribution in [3.63, 3.8) is 0 Å². The molecule has 0 aromatic rings. The van der Waals surface area contributed by atoms with Gasteiger partial charge in [-0.15, -0.1) is 0 Å². The van der Waals surface area contributed by atoms with Crippen LogP contribution >= 0.6 is 0 Å². The summed E-state index contributed by atoms with van der Waals surface area (Å²) in [4.78, 5) is 88.3. The van der Waals surface area contributed by atoms with E-state index in [2.05, 4.69) is 26.6 Å². The first-order chi connectivity index (χ1) is 21.3. The number of unbranched alkanes of at least 4 members (excludes halogenated alkanes) is 1. The van der Waals surface area contributed by atoms with E-state index >= 15 is 0 Å². The molecule has 0 unspecified atom stereocenters. The number of rotatable bonds is 22. The van der Waals surface area contributed by atoms with Gasteiger partial charge in [0.05, 0.1) is 13.0 Å². The molecular formula is C29H53N7O10. The van der Waals surface area contributed by atoms with E-state index in [1.54, 1.807) is 27.7 Å². The molecule has 0 saturated carbocycles. The van der Waals surface area contributed by atoms with Gasteiger partial charge in [-0.3, -0.25) is 28.8 Å². The summed E-state index contributed by atoms with van der Waals surface area (Å²) in [6, 6.07) is -6.64. The third-order valence-corrected chi connectivity index (χ3v) is 7.23. The number of aliphatic hydroxyl groups excluding tert-OH is 1. The summed E-state index contributed by atoms with van der Waals surface area (Å²) in [7, 11) is 0. The molecule has 12 N–H and O–H groups in total. The summed E-state index contributed by atoms with van der Waals surface area (Å²) in [5, 5.41) is 40.2. The Labute approximate surface area is 269 Å². The lowest BCUT2D eigenvalue weighted by molar-refractivity contribution is -0.144. The summed E-state index contributed by atoms with van der Waals surface area (Å²) in [5.74, 6) is -7.53. The average molecular weight is 660 g/mol. The predicted molar refractivity (Wildman–Crippen MR) is 167 cm³/mol. The van der Waals surface area contributed by atoms with Crippen LogP contribution in [0.1, 0.15) is 80.1 Å². The second kappa shape index (κ2) is 20.3. The van der Waals surface area contributed by atoms with Crippen LogP contribution in [-0.2, 0) is 33.6 Å². The number of carbonyl (C=O) groups excluding carboxylic acids is 5. The molecule has 0 fully saturated rings. The fourth-order valence-corrected chi connectivity index (χ4v) is 4.21. The third kappa shape index (κ3) is 15.0. The quantitative estimate of drug-likeness (QED) is 0.0560. The van der Waals surface area contributed by atoms with Gasteiger partial charge in [0.1, 0.15) is 35.7 Å². The molecule has 0 aliphatic rings. The topological polar surface area (TPSA) is 292 Å². The van der Waals surface area contributed by atoms with Crippen molar-refractivity contribution < 1.29 is 48.9 Å². The molecule has 46 heavy (non-hydrogen) atoms. The zero-order valence-corrected chi connectivity index (χ0v) is 27.6. The van der Waals surface area contributed by atoms with Gasteiger partial charge in [-0.25, -0.2) is 4.79 Å². The van der Waals surface area contributed by atoms with E-state index in [0.717, 1.165) is 0 Å². The average Bonchev–Trinajstić information content (AvgIpc) is 2.96. The molecule has 0 rings (SSSR count). The minimum Gasteiger partial charge on any atom is -0.481 e. The molecule has 0 aromatic heterocycles. The number of carbonyl (C=O) groups is 7. The second-order valence-corrected chi connectivity index (χ2v) is 12.3. The Morgan fingerprint density at radius 3 is 1.83 bits per heavy atom. The lowest BCUT2D eigenvalue weighted by Crippen LogP contribution is -2.63. The second-order valence-electron chi connectivity index (χ2n) is 12.3. The van der Waals surface area contributed by atoms with Gasteiger partial charge in [0.25, 0.3) is 0 Å². The fourth-order valence-electron chi connectivity index (χ4n) is 4.21. The molecule has 0 bridgehead atoms. The molecular weight excluding hydrogens is 606 g/mol. The van der Waals surface area contributed by atoms with Crippen LogP contribution in [0.5, 0.6) is 0 Å². The van der Waals surface area contributed by atoms with Crippen LogP contribution in [0.3, 0.4) is 0 Å². The number of aliphatic carboxylic acids is 2. The maximum atomic E-state index is 13.4. The van der Waals surface area contributed by atoms with E-state index in [9.17, 15) is 48.9 Å². The smallest absolute Gasteiger partial charge is 0.326 e. The van der Waals surface area contributed by atoms with Crippen LogP contribution in [0.15, 0.2) is 0 Å². The van der Waals surface area contributed by atoms with E-state index in [0.29, 0.717) is 25.8 Å². The molecule has 0 aromatic carbocycles. The van der Waals surface area contributed by atoms with E-state index in [1.807, 2.05) is 0 Å². The van der Waals surface area contributed by atoms with Crippen molar-refractivity contribution in [3.8, 4) is 0 Å². The Balaban J connectivity index is 5.92. The van der Waals surface area contributed by atoms with Crippen LogP contribution in [0, 0.1) is 11.8 Å². The first kappa shape index (κ1) is 42.2. The normalized spacial score (nSPS) is 15.3. The first-order valence-corrected chi connectivity index (χ1v) is 15.4. The van der Waals surface area contributed by atoms with Gasteiger partial charge in [-0.05, 0) is 57.9 Å². The van der Waals surface area contributed by atoms with Gasteiger partial charge in [-0.1, -0.05) is 34.1 Å². The standard InChI is InChI=1S/C29H53N7O10/c1-7-16(4)22(35-23(40)17(31)14-37)26(43)36-29(5,6)28(46)34-19(12-15(2)3)24(41)33-20(13-21(38)39)25(42)32-18(27(44)45)10-8-9-11-30/h15-20,22,37H,7-14,30-31H2,1-6H3,(H,32,42)(H,33,41)(H,34,46)(H,35,40)(H,36,43)(H,38,39)(H,44,45)/t16-,17-,18-,19-,20-,22-/m0/s1. The SMILES string of the molecule is CC[C@H](C)[C@H](NC(=O)[C@@H](N)CO)C(=O)NC(C)(C)C(=O)N[C@@H](CC(C)C)C(=O)N[C@@H](CC(=O)O)C(=O)N[C@@H](CCCCN)C(=O)O. The number of carboxylic acids is 2. The van der Waals surface area contributed by atoms with Gasteiger partial charge in [0.15, 0.2) is 0 Å². The Morgan fingerprint density at radius 2 is 1.35 bits per heavy atom. The van der Waals surface area contributed by atoms with Crippen LogP contribution in [0.4, 0.5) is 0 Å². The summed E-state index contributed by atoms with van der Waals surface area (Å²) in [6.07, 6.45) is 0.604. The number of nitrogens with two attached hydrogens (primary N) is 2. The summed E-state index contributed by atoms with van der Waals surface area (Å²) < 4.78 is 0. The highest BCUT2D eigenvalue weighted by Gasteiger charge is 2.38. The molecule has 17 heteroatoms. The number of aliphatic hydroxyl groups is 1. The van der Waals surface area contributed by atoms with E-state index in [1.165, 1.54) is 13.8 Å². The van der Waals surface area contributed by atoms with E-state index in [-0.39, 0.29) is 24.7 Å². The highest BCUT2D eigenvalue weighted by molar-refractivity contribution is 5.98. The van der Waals surface area contributed by atoms with Gasteiger partial charge in [0.2, 0.25) is 29.5 Å². The molecule has 0 heterocycles. The van der Waals surface area contributed by atoms with E-state index < -0.39 is 90.3 Å². The monoisotopic (exact) mass is 659 g/mol. The number of hydrogen-bond acceptors (Lipinski definition) is 10.